The van der Waals surface area contributed by atoms with Gasteiger partial charge in [0.1, 0.15) is 0 Å². The maximum atomic E-state index is 12.8. The number of rotatable bonds is 9. The highest BCUT2D eigenvalue weighted by Gasteiger charge is 2.41. The number of fused-ring (bicyclic) bond motifs is 2. The van der Waals surface area contributed by atoms with Crippen molar-refractivity contribution >= 4 is 22.2 Å². The summed E-state index contributed by atoms with van der Waals surface area (Å²) in [5, 5.41) is 19.3. The largest absolute Gasteiger partial charge is 0.394 e. The average Bonchev–Trinajstić information content (AvgIpc) is 3.11. The zero-order valence-electron chi connectivity index (χ0n) is 21.7. The fourth-order valence-corrected chi connectivity index (χ4v) is 6.36. The summed E-state index contributed by atoms with van der Waals surface area (Å²) in [5.74, 6) is 0.196. The zero-order chi connectivity index (χ0) is 27.9. The van der Waals surface area contributed by atoms with Crippen LogP contribution in [0.2, 0.25) is 0 Å². The Hall–Kier alpha value is -2.09. The molecule has 1 saturated carbocycles. The Morgan fingerprint density at radius 1 is 1.05 bits per heavy atom. The third-order valence-electron chi connectivity index (χ3n) is 8.13. The monoisotopic (exact) mass is 555 g/mol. The number of amides is 2. The van der Waals surface area contributed by atoms with Crippen LogP contribution in [0, 0.1) is 5.92 Å². The fourth-order valence-electron chi connectivity index (χ4n) is 6.36. The summed E-state index contributed by atoms with van der Waals surface area (Å²) in [5.41, 5.74) is 7.25. The number of carbonyl (C=O) groups is 2. The van der Waals surface area contributed by atoms with Crippen molar-refractivity contribution in [1.82, 2.24) is 9.80 Å². The van der Waals surface area contributed by atoms with Crippen molar-refractivity contribution in [3.63, 3.8) is 0 Å². The molecule has 12 heteroatoms. The van der Waals surface area contributed by atoms with Gasteiger partial charge in [-0.2, -0.15) is 8.42 Å². The van der Waals surface area contributed by atoms with E-state index in [0.717, 1.165) is 45.1 Å². The van der Waals surface area contributed by atoms with Crippen LogP contribution in [0.3, 0.4) is 0 Å². The van der Waals surface area contributed by atoms with Crippen LogP contribution < -0.4 is 5.73 Å². The third kappa shape index (κ3) is 8.99. The van der Waals surface area contributed by atoms with Crippen molar-refractivity contribution in [3.05, 3.63) is 35.4 Å². The summed E-state index contributed by atoms with van der Waals surface area (Å²) in [6.07, 6.45) is 9.06. The second kappa shape index (κ2) is 13.8. The summed E-state index contributed by atoms with van der Waals surface area (Å²) in [7, 11) is -4.67. The molecule has 1 aliphatic carbocycles. The lowest BCUT2D eigenvalue weighted by atomic mass is 9.84. The smallest absolute Gasteiger partial charge is 0.393 e. The Morgan fingerprint density at radius 3 is 2.21 bits per heavy atom. The topological polar surface area (TPSA) is 182 Å². The molecule has 2 unspecified atom stereocenters. The van der Waals surface area contributed by atoms with Gasteiger partial charge < -0.3 is 20.8 Å². The van der Waals surface area contributed by atoms with Crippen LogP contribution in [-0.4, -0.2) is 93.8 Å². The predicted molar refractivity (Wildman–Crippen MR) is 141 cm³/mol. The molecule has 214 valence electrons. The Balaban J connectivity index is 0.000000732. The number of nitrogens with two attached hydrogens (primary N) is 1. The molecule has 0 radical (unpaired) electrons. The molecule has 3 aliphatic rings. The van der Waals surface area contributed by atoms with Crippen molar-refractivity contribution in [1.29, 1.82) is 0 Å². The lowest BCUT2D eigenvalue weighted by molar-refractivity contribution is -0.143. The molecule has 0 aromatic heterocycles. The van der Waals surface area contributed by atoms with Crippen LogP contribution >= 0.6 is 0 Å². The highest BCUT2D eigenvalue weighted by atomic mass is 32.3. The van der Waals surface area contributed by atoms with Crippen LogP contribution in [-0.2, 0) is 15.2 Å². The van der Waals surface area contributed by atoms with E-state index in [1.807, 2.05) is 12.1 Å². The second-order valence-corrected chi connectivity index (χ2v) is 11.6. The first-order valence-electron chi connectivity index (χ1n) is 13.4. The van der Waals surface area contributed by atoms with Crippen LogP contribution in [0.1, 0.15) is 79.6 Å². The van der Waals surface area contributed by atoms with Gasteiger partial charge >= 0.3 is 10.4 Å². The predicted octanol–water partition coefficient (Wildman–Crippen LogP) is 1.61. The Bertz CT molecular complexity index is 1020. The number of carbonyl (C=O) groups excluding carboxylic acids is 2. The Morgan fingerprint density at radius 2 is 1.66 bits per heavy atom. The van der Waals surface area contributed by atoms with Crippen molar-refractivity contribution in [3.8, 4) is 0 Å². The number of aliphatic hydroxyl groups excluding tert-OH is 2. The molecule has 2 aliphatic heterocycles. The number of piperidine rings is 1. The lowest BCUT2D eigenvalue weighted by Gasteiger charge is -2.40. The number of benzene rings is 1. The van der Waals surface area contributed by atoms with Gasteiger partial charge in [0.2, 0.25) is 5.91 Å². The molecule has 0 spiro atoms. The SMILES string of the molecule is NC(=O)c1cccc(C2CC3CCC(C2)N3CCN(CC2CCCCC2)C(=O)[C@@H](O)CO)c1.O=S(=O)(O)O. The second-order valence-electron chi connectivity index (χ2n) is 10.7. The Labute approximate surface area is 224 Å². The van der Waals surface area contributed by atoms with Crippen LogP contribution in [0.25, 0.3) is 0 Å². The minimum Gasteiger partial charge on any atom is -0.393 e. The van der Waals surface area contributed by atoms with Crippen LogP contribution in [0.4, 0.5) is 0 Å². The molecule has 3 fully saturated rings. The molecule has 6 N–H and O–H groups in total. The maximum Gasteiger partial charge on any atom is 0.394 e. The average molecular weight is 556 g/mol. The van der Waals surface area contributed by atoms with Gasteiger partial charge in [0.05, 0.1) is 6.61 Å². The fraction of sp³-hybridized carbons (Fsp3) is 0.692. The zero-order valence-corrected chi connectivity index (χ0v) is 22.5. The number of hydrogen-bond donors (Lipinski definition) is 5. The Kier molecular flexibility index (Phi) is 11.1. The van der Waals surface area contributed by atoms with Crippen molar-refractivity contribution in [2.45, 2.75) is 81.9 Å². The van der Waals surface area contributed by atoms with E-state index in [4.69, 9.17) is 23.3 Å². The van der Waals surface area contributed by atoms with Gasteiger partial charge in [-0.1, -0.05) is 31.4 Å². The van der Waals surface area contributed by atoms with Gasteiger partial charge in [-0.25, -0.2) is 0 Å². The van der Waals surface area contributed by atoms with E-state index < -0.39 is 23.1 Å². The standard InChI is InChI=1S/C26H39N3O4.H2O4S/c27-25(32)20-8-4-7-19(13-20)21-14-22-9-10-23(15-21)29(22)12-11-28(26(33)24(31)17-30)16-18-5-2-1-3-6-18;1-5(2,3)4/h4,7-8,13,18,21-24,30-31H,1-3,5-6,9-12,14-17H2,(H2,27,32);(H2,1,2,3,4)/t21?,22?,23?,24-;/m0./s1. The maximum absolute atomic E-state index is 12.8. The van der Waals surface area contributed by atoms with Crippen LogP contribution in [0.5, 0.6) is 0 Å². The van der Waals surface area contributed by atoms with Crippen LogP contribution in [0.15, 0.2) is 24.3 Å². The highest BCUT2D eigenvalue weighted by Crippen LogP contribution is 2.43. The molecule has 4 rings (SSSR count). The molecule has 1 aromatic carbocycles. The molecule has 1 aromatic rings. The molecule has 38 heavy (non-hydrogen) atoms. The first-order valence-corrected chi connectivity index (χ1v) is 14.8. The van der Waals surface area contributed by atoms with Gasteiger partial charge in [-0.15, -0.1) is 0 Å². The summed E-state index contributed by atoms with van der Waals surface area (Å²) >= 11 is 0. The molecular formula is C26H41N3O8S. The number of aliphatic hydroxyl groups is 2. The first kappa shape index (κ1) is 30.5. The van der Waals surface area contributed by atoms with E-state index in [-0.39, 0.29) is 11.8 Å². The lowest BCUT2D eigenvalue weighted by Crippen LogP contribution is -2.50. The van der Waals surface area contributed by atoms with E-state index in [1.165, 1.54) is 24.8 Å². The molecule has 2 bridgehead atoms. The van der Waals surface area contributed by atoms with Gasteiger partial charge in [-0.05, 0) is 68.1 Å². The van der Waals surface area contributed by atoms with Crippen molar-refractivity contribution in [2.75, 3.05) is 26.2 Å². The van der Waals surface area contributed by atoms with Gasteiger partial charge in [0, 0.05) is 37.3 Å². The van der Waals surface area contributed by atoms with E-state index >= 15 is 0 Å². The van der Waals surface area contributed by atoms with Gasteiger partial charge in [0.25, 0.3) is 5.91 Å². The van der Waals surface area contributed by atoms with Gasteiger partial charge in [0.15, 0.2) is 6.10 Å². The normalized spacial score (nSPS) is 24.8. The van der Waals surface area contributed by atoms with Crippen molar-refractivity contribution in [2.24, 2.45) is 11.7 Å². The highest BCUT2D eigenvalue weighted by molar-refractivity contribution is 7.79. The minimum absolute atomic E-state index is 0.339. The molecule has 3 atom stereocenters. The summed E-state index contributed by atoms with van der Waals surface area (Å²) in [6, 6.07) is 8.69. The van der Waals surface area contributed by atoms with E-state index in [2.05, 4.69) is 11.0 Å². The molecule has 2 amide bonds. The molecule has 2 heterocycles. The van der Waals surface area contributed by atoms with E-state index in [0.29, 0.717) is 42.6 Å². The molecule has 2 saturated heterocycles. The molecule has 11 nitrogen and oxygen atoms in total. The van der Waals surface area contributed by atoms with Gasteiger partial charge in [-0.3, -0.25) is 23.6 Å². The third-order valence-corrected chi connectivity index (χ3v) is 8.13. The number of hydrogen-bond acceptors (Lipinski definition) is 7. The summed E-state index contributed by atoms with van der Waals surface area (Å²) in [6.45, 7) is 1.56. The summed E-state index contributed by atoms with van der Waals surface area (Å²) < 4.78 is 31.6. The quantitative estimate of drug-likeness (QED) is 0.283. The van der Waals surface area contributed by atoms with E-state index in [9.17, 15) is 19.8 Å². The summed E-state index contributed by atoms with van der Waals surface area (Å²) in [4.78, 5) is 28.7. The number of nitrogens with zero attached hydrogens (tertiary/aromatic N) is 2. The van der Waals surface area contributed by atoms with Crippen molar-refractivity contribution < 1.29 is 37.3 Å². The minimum atomic E-state index is -4.67. The number of primary amides is 1. The molecular weight excluding hydrogens is 514 g/mol. The first-order chi connectivity index (χ1) is 18.0. The van der Waals surface area contributed by atoms with E-state index in [1.54, 1.807) is 11.0 Å².